The highest BCUT2D eigenvalue weighted by Crippen LogP contribution is 2.24. The summed E-state index contributed by atoms with van der Waals surface area (Å²) in [4.78, 5) is 8.98. The fourth-order valence-corrected chi connectivity index (χ4v) is 3.28. The molecule has 0 aliphatic carbocycles. The minimum atomic E-state index is 0.762. The number of benzene rings is 1. The standard InChI is InChI=1S/C15H15N3S2/c1-10-8-20-15(17-10)7-16-13-5-3-4-12(6-13)14-9-19-11(2)18-14/h3-6,8-9,16H,7H2,1-2H3. The van der Waals surface area contributed by atoms with Crippen LogP contribution in [0.1, 0.15) is 15.7 Å². The van der Waals surface area contributed by atoms with Gasteiger partial charge >= 0.3 is 0 Å². The fraction of sp³-hybridized carbons (Fsp3) is 0.200. The number of hydrogen-bond acceptors (Lipinski definition) is 5. The molecular formula is C15H15N3S2. The van der Waals surface area contributed by atoms with Crippen molar-refractivity contribution in [2.45, 2.75) is 20.4 Å². The number of nitrogens with one attached hydrogen (secondary N) is 1. The van der Waals surface area contributed by atoms with Gasteiger partial charge in [0, 0.05) is 27.7 Å². The first-order valence-corrected chi connectivity index (χ1v) is 8.14. The van der Waals surface area contributed by atoms with Gasteiger partial charge in [0.1, 0.15) is 5.01 Å². The molecule has 3 nitrogen and oxygen atoms in total. The normalized spacial score (nSPS) is 10.7. The summed E-state index contributed by atoms with van der Waals surface area (Å²) in [6.07, 6.45) is 0. The molecule has 0 fully saturated rings. The molecule has 0 unspecified atom stereocenters. The Kier molecular flexibility index (Phi) is 3.80. The van der Waals surface area contributed by atoms with E-state index >= 15 is 0 Å². The van der Waals surface area contributed by atoms with Gasteiger partial charge in [0.15, 0.2) is 0 Å². The summed E-state index contributed by atoms with van der Waals surface area (Å²) in [6.45, 7) is 4.81. The van der Waals surface area contributed by atoms with Crippen molar-refractivity contribution >= 4 is 28.4 Å². The number of aromatic nitrogens is 2. The predicted octanol–water partition coefficient (Wildman–Crippen LogP) is 4.50. The number of hydrogen-bond donors (Lipinski definition) is 1. The van der Waals surface area contributed by atoms with Crippen LogP contribution in [0.25, 0.3) is 11.3 Å². The van der Waals surface area contributed by atoms with E-state index in [1.54, 1.807) is 22.7 Å². The monoisotopic (exact) mass is 301 g/mol. The first-order chi connectivity index (χ1) is 9.70. The van der Waals surface area contributed by atoms with Gasteiger partial charge in [-0.2, -0.15) is 0 Å². The quantitative estimate of drug-likeness (QED) is 0.771. The molecule has 1 aromatic carbocycles. The maximum Gasteiger partial charge on any atom is 0.112 e. The molecule has 1 N–H and O–H groups in total. The van der Waals surface area contributed by atoms with Gasteiger partial charge in [0.2, 0.25) is 0 Å². The lowest BCUT2D eigenvalue weighted by atomic mass is 10.1. The maximum atomic E-state index is 4.52. The zero-order valence-electron chi connectivity index (χ0n) is 11.4. The van der Waals surface area contributed by atoms with Crippen LogP contribution >= 0.6 is 22.7 Å². The third kappa shape index (κ3) is 3.05. The summed E-state index contributed by atoms with van der Waals surface area (Å²) in [5.41, 5.74) is 4.37. The Balaban J connectivity index is 1.74. The van der Waals surface area contributed by atoms with E-state index in [2.05, 4.69) is 50.3 Å². The van der Waals surface area contributed by atoms with E-state index in [0.29, 0.717) is 0 Å². The highest BCUT2D eigenvalue weighted by molar-refractivity contribution is 7.10. The van der Waals surface area contributed by atoms with Crippen molar-refractivity contribution in [1.82, 2.24) is 9.97 Å². The van der Waals surface area contributed by atoms with Crippen molar-refractivity contribution < 1.29 is 0 Å². The van der Waals surface area contributed by atoms with Gasteiger partial charge in [-0.25, -0.2) is 9.97 Å². The van der Waals surface area contributed by atoms with Gasteiger partial charge in [0.25, 0.3) is 0 Å². The Morgan fingerprint density at radius 3 is 2.70 bits per heavy atom. The fourth-order valence-electron chi connectivity index (χ4n) is 1.95. The van der Waals surface area contributed by atoms with Crippen molar-refractivity contribution in [3.63, 3.8) is 0 Å². The zero-order valence-corrected chi connectivity index (χ0v) is 13.0. The second kappa shape index (κ2) is 5.73. The highest BCUT2D eigenvalue weighted by Gasteiger charge is 2.04. The van der Waals surface area contributed by atoms with Crippen molar-refractivity contribution in [1.29, 1.82) is 0 Å². The molecule has 0 aliphatic heterocycles. The van der Waals surface area contributed by atoms with E-state index in [1.165, 1.54) is 0 Å². The van der Waals surface area contributed by atoms with Crippen molar-refractivity contribution in [2.75, 3.05) is 5.32 Å². The molecule has 5 heteroatoms. The highest BCUT2D eigenvalue weighted by atomic mass is 32.1. The lowest BCUT2D eigenvalue weighted by Crippen LogP contribution is -1.99. The molecule has 0 atom stereocenters. The summed E-state index contributed by atoms with van der Waals surface area (Å²) in [5.74, 6) is 0. The number of nitrogens with zero attached hydrogens (tertiary/aromatic N) is 2. The minimum absolute atomic E-state index is 0.762. The lowest BCUT2D eigenvalue weighted by Gasteiger charge is -2.06. The van der Waals surface area contributed by atoms with Gasteiger partial charge in [-0.1, -0.05) is 12.1 Å². The van der Waals surface area contributed by atoms with Crippen molar-refractivity contribution in [3.8, 4) is 11.3 Å². The van der Waals surface area contributed by atoms with Crippen LogP contribution in [0.15, 0.2) is 35.0 Å². The SMILES string of the molecule is Cc1csc(CNc2cccc(-c3csc(C)n3)c2)n1. The Morgan fingerprint density at radius 2 is 2.00 bits per heavy atom. The number of anilines is 1. The van der Waals surface area contributed by atoms with Gasteiger partial charge in [-0.05, 0) is 26.0 Å². The van der Waals surface area contributed by atoms with Gasteiger partial charge < -0.3 is 5.32 Å². The Bertz CT molecular complexity index is 715. The van der Waals surface area contributed by atoms with E-state index in [0.717, 1.165) is 39.2 Å². The molecule has 3 rings (SSSR count). The first-order valence-electron chi connectivity index (χ1n) is 6.38. The molecule has 0 amide bonds. The summed E-state index contributed by atoms with van der Waals surface area (Å²) < 4.78 is 0. The topological polar surface area (TPSA) is 37.8 Å². The molecule has 20 heavy (non-hydrogen) atoms. The Labute approximate surface area is 126 Å². The van der Waals surface area contributed by atoms with Crippen LogP contribution in [-0.4, -0.2) is 9.97 Å². The Hall–Kier alpha value is -1.72. The van der Waals surface area contributed by atoms with E-state index in [4.69, 9.17) is 0 Å². The predicted molar refractivity (Wildman–Crippen MR) is 86.5 cm³/mol. The Morgan fingerprint density at radius 1 is 1.10 bits per heavy atom. The van der Waals surface area contributed by atoms with Crippen LogP contribution in [0.3, 0.4) is 0 Å². The van der Waals surface area contributed by atoms with Crippen molar-refractivity contribution in [3.05, 3.63) is 50.7 Å². The molecule has 102 valence electrons. The van der Waals surface area contributed by atoms with Gasteiger partial charge in [-0.3, -0.25) is 0 Å². The third-order valence-corrected chi connectivity index (χ3v) is 4.63. The van der Waals surface area contributed by atoms with Crippen LogP contribution in [0.2, 0.25) is 0 Å². The van der Waals surface area contributed by atoms with Gasteiger partial charge in [-0.15, -0.1) is 22.7 Å². The zero-order chi connectivity index (χ0) is 13.9. The molecule has 0 spiro atoms. The average Bonchev–Trinajstić information content (AvgIpc) is 3.06. The molecule has 2 aromatic heterocycles. The van der Waals surface area contributed by atoms with Crippen LogP contribution in [0, 0.1) is 13.8 Å². The smallest absolute Gasteiger partial charge is 0.112 e. The number of rotatable bonds is 4. The van der Waals surface area contributed by atoms with Crippen LogP contribution < -0.4 is 5.32 Å². The summed E-state index contributed by atoms with van der Waals surface area (Å²) >= 11 is 3.37. The maximum absolute atomic E-state index is 4.52. The second-order valence-corrected chi connectivity index (χ2v) is 6.57. The lowest BCUT2D eigenvalue weighted by molar-refractivity contribution is 1.08. The van der Waals surface area contributed by atoms with Gasteiger partial charge in [0.05, 0.1) is 17.2 Å². The van der Waals surface area contributed by atoms with E-state index in [9.17, 15) is 0 Å². The molecule has 3 aromatic rings. The largest absolute Gasteiger partial charge is 0.379 e. The van der Waals surface area contributed by atoms with E-state index < -0.39 is 0 Å². The minimum Gasteiger partial charge on any atom is -0.379 e. The first kappa shape index (κ1) is 13.3. The number of thiazole rings is 2. The molecule has 0 radical (unpaired) electrons. The summed E-state index contributed by atoms with van der Waals surface area (Å²) in [6, 6.07) is 8.35. The van der Waals surface area contributed by atoms with Crippen molar-refractivity contribution in [2.24, 2.45) is 0 Å². The number of aryl methyl sites for hydroxylation is 2. The molecule has 0 saturated carbocycles. The van der Waals surface area contributed by atoms with Crippen LogP contribution in [-0.2, 0) is 6.54 Å². The average molecular weight is 301 g/mol. The second-order valence-electron chi connectivity index (χ2n) is 4.57. The van der Waals surface area contributed by atoms with Crippen LogP contribution in [0.5, 0.6) is 0 Å². The summed E-state index contributed by atoms with van der Waals surface area (Å²) in [5, 5.41) is 9.79. The molecule has 0 aliphatic rings. The molecular weight excluding hydrogens is 286 g/mol. The summed E-state index contributed by atoms with van der Waals surface area (Å²) in [7, 11) is 0. The van der Waals surface area contributed by atoms with E-state index in [1.807, 2.05) is 13.8 Å². The molecule has 0 bridgehead atoms. The third-order valence-electron chi connectivity index (χ3n) is 2.89. The molecule has 0 saturated heterocycles. The van der Waals surface area contributed by atoms with E-state index in [-0.39, 0.29) is 0 Å². The van der Waals surface area contributed by atoms with Crippen LogP contribution in [0.4, 0.5) is 5.69 Å². The molecule has 2 heterocycles.